The van der Waals surface area contributed by atoms with Gasteiger partial charge in [-0.3, -0.25) is 0 Å². The Bertz CT molecular complexity index is 2010. The summed E-state index contributed by atoms with van der Waals surface area (Å²) in [4.78, 5) is 0. The molecule has 0 saturated heterocycles. The van der Waals surface area contributed by atoms with Gasteiger partial charge in [-0.05, 0) is 136 Å². The van der Waals surface area contributed by atoms with Gasteiger partial charge in [-0.25, -0.2) is 0 Å². The van der Waals surface area contributed by atoms with E-state index in [9.17, 15) is 0 Å². The van der Waals surface area contributed by atoms with E-state index in [1.54, 1.807) is 0 Å². The van der Waals surface area contributed by atoms with Gasteiger partial charge >= 0.3 is 0 Å². The normalized spacial score (nSPS) is 19.1. The predicted molar refractivity (Wildman–Crippen MR) is 320 cm³/mol. The van der Waals surface area contributed by atoms with Crippen molar-refractivity contribution in [3.05, 3.63) is 150 Å². The van der Waals surface area contributed by atoms with Crippen LogP contribution in [0.2, 0.25) is 0 Å². The molecule has 0 radical (unpaired) electrons. The molecule has 4 aliphatic rings. The molecule has 4 fully saturated rings. The fourth-order valence-electron chi connectivity index (χ4n) is 14.2. The van der Waals surface area contributed by atoms with Crippen molar-refractivity contribution in [2.75, 3.05) is 0 Å². The van der Waals surface area contributed by atoms with Crippen molar-refractivity contribution in [3.63, 3.8) is 0 Å². The zero-order chi connectivity index (χ0) is 52.5. The van der Waals surface area contributed by atoms with Gasteiger partial charge in [0.25, 0.3) is 0 Å². The molecular formula is C72H110. The molecule has 1 unspecified atom stereocenters. The Kier molecular flexibility index (Phi) is 22.7. The lowest BCUT2D eigenvalue weighted by Gasteiger charge is -2.53. The Morgan fingerprint density at radius 3 is 1.07 bits per heavy atom. The molecule has 4 aromatic rings. The van der Waals surface area contributed by atoms with Crippen LogP contribution in [0.3, 0.4) is 0 Å². The lowest BCUT2D eigenvalue weighted by atomic mass is 9.52. The van der Waals surface area contributed by atoms with Crippen LogP contribution in [-0.2, 0) is 16.2 Å². The van der Waals surface area contributed by atoms with E-state index in [0.717, 1.165) is 29.6 Å². The van der Waals surface area contributed by atoms with Crippen LogP contribution in [0.4, 0.5) is 0 Å². The van der Waals surface area contributed by atoms with Crippen LogP contribution >= 0.6 is 0 Å². The summed E-state index contributed by atoms with van der Waals surface area (Å²) in [6.45, 7) is 34.0. The minimum Gasteiger partial charge on any atom is -0.0710 e. The van der Waals surface area contributed by atoms with Crippen LogP contribution in [0.15, 0.2) is 127 Å². The van der Waals surface area contributed by atoms with Gasteiger partial charge in [-0.1, -0.05) is 307 Å². The second kappa shape index (κ2) is 27.4. The largest absolute Gasteiger partial charge is 0.0710 e. The van der Waals surface area contributed by atoms with Crippen molar-refractivity contribution in [1.82, 2.24) is 0 Å². The maximum Gasteiger partial charge on any atom is 0.00812 e. The summed E-state index contributed by atoms with van der Waals surface area (Å²) in [6.07, 6.45) is 33.7. The molecule has 4 saturated carbocycles. The molecule has 0 heterocycles. The van der Waals surface area contributed by atoms with Gasteiger partial charge in [0, 0.05) is 5.41 Å². The zero-order valence-electron chi connectivity index (χ0n) is 49.4. The summed E-state index contributed by atoms with van der Waals surface area (Å²) in [5.74, 6) is 4.97. The molecule has 72 heavy (non-hydrogen) atoms. The highest BCUT2D eigenvalue weighted by Crippen LogP contribution is 2.56. The van der Waals surface area contributed by atoms with Gasteiger partial charge in [0.05, 0.1) is 0 Å². The van der Waals surface area contributed by atoms with Crippen LogP contribution in [0.1, 0.15) is 254 Å². The van der Waals surface area contributed by atoms with E-state index in [4.69, 9.17) is 0 Å². The zero-order valence-corrected chi connectivity index (χ0v) is 49.4. The summed E-state index contributed by atoms with van der Waals surface area (Å²) < 4.78 is 0. The first-order valence-electron chi connectivity index (χ1n) is 30.0. The Balaban J connectivity index is 0.000000178. The average Bonchev–Trinajstić information content (AvgIpc) is 3.41. The molecular weight excluding hydrogens is 865 g/mol. The van der Waals surface area contributed by atoms with E-state index < -0.39 is 0 Å². The van der Waals surface area contributed by atoms with Crippen molar-refractivity contribution in [3.8, 4) is 0 Å². The monoisotopic (exact) mass is 975 g/mol. The average molecular weight is 976 g/mol. The Morgan fingerprint density at radius 1 is 0.403 bits per heavy atom. The minimum absolute atomic E-state index is 0.0567. The third-order valence-corrected chi connectivity index (χ3v) is 20.8. The van der Waals surface area contributed by atoms with Gasteiger partial charge in [0.2, 0.25) is 0 Å². The topological polar surface area (TPSA) is 0 Å². The molecule has 4 aliphatic carbocycles. The summed E-state index contributed by atoms with van der Waals surface area (Å²) in [6, 6.07) is 42.7. The standard InChI is InChI=1S/C18H34.C18H22.C18H34.C18H20/c2*1-17(2,15-11-7-5-8-12-15)18(3,4)16-13-9-6-10-14-16;2*1-15(16-10-6-4-7-11-16)14-18(2,3)17-12-8-5-9-13-17/h15-16H,5-14H2,1-4H3;5-14H,1-4H3;15-17H,4-14H2,1-3H3;4-14H,1-3H3/b;;;15-14+. The maximum absolute atomic E-state index is 2.58. The predicted octanol–water partition coefficient (Wildman–Crippen LogP) is 22.4. The molecule has 0 aromatic heterocycles. The van der Waals surface area contributed by atoms with Crippen LogP contribution in [0.5, 0.6) is 0 Å². The van der Waals surface area contributed by atoms with Crippen molar-refractivity contribution in [1.29, 1.82) is 0 Å². The summed E-state index contributed by atoms with van der Waals surface area (Å²) in [7, 11) is 0. The van der Waals surface area contributed by atoms with Crippen molar-refractivity contribution in [2.24, 2.45) is 45.8 Å². The first-order valence-corrected chi connectivity index (χ1v) is 30.0. The van der Waals surface area contributed by atoms with E-state index in [2.05, 4.69) is 224 Å². The second-order valence-electron chi connectivity index (χ2n) is 27.3. The molecule has 0 heteroatoms. The highest BCUT2D eigenvalue weighted by Gasteiger charge is 2.47. The first-order chi connectivity index (χ1) is 34.1. The summed E-state index contributed by atoms with van der Waals surface area (Å²) >= 11 is 0. The molecule has 0 bridgehead atoms. The molecule has 4 aromatic carbocycles. The molecule has 8 rings (SSSR count). The molecule has 1 atom stereocenters. The molecule has 0 N–H and O–H groups in total. The Hall–Kier alpha value is -3.38. The maximum atomic E-state index is 2.58. The van der Waals surface area contributed by atoms with Crippen molar-refractivity contribution < 1.29 is 0 Å². The number of rotatable bonds is 13. The van der Waals surface area contributed by atoms with Gasteiger partial charge in [0.15, 0.2) is 0 Å². The summed E-state index contributed by atoms with van der Waals surface area (Å²) in [5.41, 5.74) is 8.62. The molecule has 0 aliphatic heterocycles. The van der Waals surface area contributed by atoms with Gasteiger partial charge in [0.1, 0.15) is 0 Å². The van der Waals surface area contributed by atoms with E-state index in [1.807, 2.05) is 0 Å². The number of hydrogen-bond donors (Lipinski definition) is 0. The number of hydrogen-bond acceptors (Lipinski definition) is 0. The second-order valence-corrected chi connectivity index (χ2v) is 27.3. The highest BCUT2D eigenvalue weighted by atomic mass is 14.5. The van der Waals surface area contributed by atoms with E-state index in [-0.39, 0.29) is 16.2 Å². The van der Waals surface area contributed by atoms with Crippen LogP contribution in [0, 0.1) is 45.8 Å². The van der Waals surface area contributed by atoms with E-state index >= 15 is 0 Å². The number of benzene rings is 4. The smallest absolute Gasteiger partial charge is 0.00812 e. The number of allylic oxidation sites excluding steroid dienone is 2. The third kappa shape index (κ3) is 16.3. The van der Waals surface area contributed by atoms with Gasteiger partial charge in [-0.2, -0.15) is 0 Å². The summed E-state index contributed by atoms with van der Waals surface area (Å²) in [5, 5.41) is 0. The van der Waals surface area contributed by atoms with Gasteiger partial charge in [-0.15, -0.1) is 0 Å². The lowest BCUT2D eigenvalue weighted by Crippen LogP contribution is -2.45. The first kappa shape index (κ1) is 59.5. The van der Waals surface area contributed by atoms with E-state index in [1.165, 1.54) is 163 Å². The van der Waals surface area contributed by atoms with Crippen molar-refractivity contribution in [2.45, 2.75) is 248 Å². The van der Waals surface area contributed by atoms with Crippen LogP contribution in [-0.4, -0.2) is 0 Å². The third-order valence-electron chi connectivity index (χ3n) is 20.8. The van der Waals surface area contributed by atoms with Crippen molar-refractivity contribution >= 4 is 5.57 Å². The Morgan fingerprint density at radius 2 is 0.708 bits per heavy atom. The quantitative estimate of drug-likeness (QED) is 0.125. The molecule has 0 nitrogen and oxygen atoms in total. The fourth-order valence-corrected chi connectivity index (χ4v) is 14.2. The Labute approximate surface area is 446 Å². The van der Waals surface area contributed by atoms with E-state index in [0.29, 0.717) is 16.2 Å². The molecule has 398 valence electrons. The van der Waals surface area contributed by atoms with Gasteiger partial charge < -0.3 is 0 Å². The highest BCUT2D eigenvalue weighted by molar-refractivity contribution is 5.65. The minimum atomic E-state index is 0.0567. The SMILES string of the molecule is C/C(=C\C(C)(C)c1ccccc1)c1ccccc1.CC(C)(C1CCCCC1)C(C)(C)C1CCCCC1.CC(C)(c1ccccc1)C(C)(C)c1ccccc1.CC(CC(C)(C)C1CCCCC1)C1CCCCC1. The molecule has 0 amide bonds. The fraction of sp³-hybridized carbons (Fsp3) is 0.639. The van der Waals surface area contributed by atoms with Crippen LogP contribution < -0.4 is 0 Å². The lowest BCUT2D eigenvalue weighted by molar-refractivity contribution is -0.0378. The van der Waals surface area contributed by atoms with Crippen LogP contribution in [0.25, 0.3) is 5.57 Å². The molecule has 0 spiro atoms.